The molecule has 134 valence electrons. The van der Waals surface area contributed by atoms with E-state index in [4.69, 9.17) is 14.6 Å². The molecule has 2 heterocycles. The minimum absolute atomic E-state index is 0.0228. The Bertz CT molecular complexity index is 730. The highest BCUT2D eigenvalue weighted by atomic mass is 16.7. The summed E-state index contributed by atoms with van der Waals surface area (Å²) in [7, 11) is 6.08. The average Bonchev–Trinajstić information content (AvgIpc) is 3.20. The third-order valence-corrected chi connectivity index (χ3v) is 5.40. The van der Waals surface area contributed by atoms with Gasteiger partial charge < -0.3 is 14.4 Å². The van der Waals surface area contributed by atoms with Crippen LogP contribution in [0.3, 0.4) is 0 Å². The fourth-order valence-corrected chi connectivity index (χ4v) is 3.91. The number of nitrogens with zero attached hydrogens (tertiary/aromatic N) is 3. The van der Waals surface area contributed by atoms with Gasteiger partial charge in [0.15, 0.2) is 5.79 Å². The molecule has 2 fully saturated rings. The lowest BCUT2D eigenvalue weighted by atomic mass is 9.94. The molecule has 5 heteroatoms. The normalized spacial score (nSPS) is 22.4. The van der Waals surface area contributed by atoms with Gasteiger partial charge in [0.1, 0.15) is 6.10 Å². The Labute approximate surface area is 149 Å². The van der Waals surface area contributed by atoms with E-state index >= 15 is 0 Å². The van der Waals surface area contributed by atoms with Crippen molar-refractivity contribution in [2.75, 3.05) is 25.6 Å². The van der Waals surface area contributed by atoms with E-state index in [1.807, 2.05) is 25.8 Å². The lowest BCUT2D eigenvalue weighted by molar-refractivity contribution is -0.188. The number of benzene rings is 1. The lowest BCUT2D eigenvalue weighted by Gasteiger charge is -2.31. The summed E-state index contributed by atoms with van der Waals surface area (Å²) in [6, 6.07) is 10.6. The maximum Gasteiger partial charge on any atom is 0.169 e. The van der Waals surface area contributed by atoms with Gasteiger partial charge in [-0.1, -0.05) is 18.6 Å². The van der Waals surface area contributed by atoms with Crippen molar-refractivity contribution in [3.63, 3.8) is 0 Å². The molecule has 1 aromatic heterocycles. The molecule has 0 radical (unpaired) electrons. The van der Waals surface area contributed by atoms with Gasteiger partial charge >= 0.3 is 0 Å². The molecule has 1 saturated heterocycles. The van der Waals surface area contributed by atoms with E-state index in [0.717, 1.165) is 29.8 Å². The van der Waals surface area contributed by atoms with Crippen LogP contribution in [-0.2, 0) is 16.5 Å². The maximum absolute atomic E-state index is 6.37. The molecule has 1 atom stereocenters. The first-order valence-corrected chi connectivity index (χ1v) is 9.20. The minimum Gasteiger partial charge on any atom is -0.378 e. The van der Waals surface area contributed by atoms with Crippen molar-refractivity contribution in [3.05, 3.63) is 36.0 Å². The van der Waals surface area contributed by atoms with Crippen LogP contribution in [-0.4, -0.2) is 36.3 Å². The van der Waals surface area contributed by atoms with Crippen LogP contribution in [0.2, 0.25) is 0 Å². The Morgan fingerprint density at radius 3 is 2.52 bits per heavy atom. The SMILES string of the molecule is CN(C)c1ccc(-c2cc(C3COC4(CCCCC4)O3)n(C)n2)cc1. The number of hydrogen-bond acceptors (Lipinski definition) is 4. The summed E-state index contributed by atoms with van der Waals surface area (Å²) in [5.74, 6) is -0.347. The zero-order valence-corrected chi connectivity index (χ0v) is 15.4. The predicted octanol–water partition coefficient (Wildman–Crippen LogP) is 3.90. The minimum atomic E-state index is -0.347. The predicted molar refractivity (Wildman–Crippen MR) is 98.6 cm³/mol. The largest absolute Gasteiger partial charge is 0.378 e. The van der Waals surface area contributed by atoms with Crippen LogP contribution in [0, 0.1) is 0 Å². The molecule has 2 aromatic rings. The third-order valence-electron chi connectivity index (χ3n) is 5.40. The molecule has 4 rings (SSSR count). The van der Waals surface area contributed by atoms with Crippen LogP contribution in [0.5, 0.6) is 0 Å². The first-order valence-electron chi connectivity index (χ1n) is 9.20. The number of hydrogen-bond donors (Lipinski definition) is 0. The summed E-state index contributed by atoms with van der Waals surface area (Å²) in [5, 5.41) is 4.70. The van der Waals surface area contributed by atoms with Crippen molar-refractivity contribution in [2.45, 2.75) is 44.0 Å². The molecule has 1 saturated carbocycles. The van der Waals surface area contributed by atoms with Crippen LogP contribution < -0.4 is 4.90 Å². The number of aromatic nitrogens is 2. The smallest absolute Gasteiger partial charge is 0.169 e. The summed E-state index contributed by atoms with van der Waals surface area (Å²) >= 11 is 0. The number of anilines is 1. The van der Waals surface area contributed by atoms with Crippen LogP contribution in [0.1, 0.15) is 43.9 Å². The summed E-state index contributed by atoms with van der Waals surface area (Å²) in [4.78, 5) is 2.10. The van der Waals surface area contributed by atoms with E-state index in [2.05, 4.69) is 35.2 Å². The number of aryl methyl sites for hydroxylation is 1. The summed E-state index contributed by atoms with van der Waals surface area (Å²) < 4.78 is 14.4. The van der Waals surface area contributed by atoms with E-state index < -0.39 is 0 Å². The second kappa shape index (κ2) is 6.46. The topological polar surface area (TPSA) is 39.5 Å². The van der Waals surface area contributed by atoms with Gasteiger partial charge in [0.05, 0.1) is 18.0 Å². The molecule has 5 nitrogen and oxygen atoms in total. The molecule has 0 N–H and O–H groups in total. The Morgan fingerprint density at radius 2 is 1.84 bits per heavy atom. The van der Waals surface area contributed by atoms with Gasteiger partial charge in [-0.05, 0) is 31.0 Å². The van der Waals surface area contributed by atoms with Crippen molar-refractivity contribution < 1.29 is 9.47 Å². The van der Waals surface area contributed by atoms with Crippen molar-refractivity contribution >= 4 is 5.69 Å². The first-order chi connectivity index (χ1) is 12.1. The zero-order valence-electron chi connectivity index (χ0n) is 15.4. The standard InChI is InChI=1S/C20H27N3O2/c1-22(2)16-9-7-15(8-10-16)17-13-18(23(3)21-17)19-14-24-20(25-19)11-5-4-6-12-20/h7-10,13,19H,4-6,11-12,14H2,1-3H3. The highest BCUT2D eigenvalue weighted by molar-refractivity contribution is 5.63. The van der Waals surface area contributed by atoms with Gasteiger partial charge in [0.2, 0.25) is 0 Å². The van der Waals surface area contributed by atoms with Gasteiger partial charge in [-0.2, -0.15) is 5.10 Å². The molecule has 2 aliphatic rings. The first kappa shape index (κ1) is 16.6. The molecule has 1 aromatic carbocycles. The maximum atomic E-state index is 6.37. The van der Waals surface area contributed by atoms with Gasteiger partial charge in [-0.25, -0.2) is 0 Å². The van der Waals surface area contributed by atoms with Crippen molar-refractivity contribution in [1.82, 2.24) is 9.78 Å². The van der Waals surface area contributed by atoms with E-state index in [-0.39, 0.29) is 11.9 Å². The van der Waals surface area contributed by atoms with Crippen LogP contribution in [0.25, 0.3) is 11.3 Å². The average molecular weight is 341 g/mol. The van der Waals surface area contributed by atoms with Crippen molar-refractivity contribution in [3.8, 4) is 11.3 Å². The zero-order chi connectivity index (χ0) is 17.4. The highest BCUT2D eigenvalue weighted by Crippen LogP contribution is 2.42. The molecule has 1 aliphatic heterocycles. The molecule has 1 aliphatic carbocycles. The molecule has 1 spiro atoms. The Balaban J connectivity index is 1.54. The van der Waals surface area contributed by atoms with E-state index in [9.17, 15) is 0 Å². The number of ether oxygens (including phenoxy) is 2. The summed E-state index contributed by atoms with van der Waals surface area (Å²) in [5.41, 5.74) is 4.38. The van der Waals surface area contributed by atoms with Crippen LogP contribution >= 0.6 is 0 Å². The van der Waals surface area contributed by atoms with E-state index in [0.29, 0.717) is 6.61 Å². The molecule has 1 unspecified atom stereocenters. The fraction of sp³-hybridized carbons (Fsp3) is 0.550. The second-order valence-electron chi connectivity index (χ2n) is 7.41. The Morgan fingerprint density at radius 1 is 1.12 bits per heavy atom. The van der Waals surface area contributed by atoms with Crippen LogP contribution in [0.4, 0.5) is 5.69 Å². The molecule has 0 bridgehead atoms. The quantitative estimate of drug-likeness (QED) is 0.849. The number of rotatable bonds is 3. The summed E-state index contributed by atoms with van der Waals surface area (Å²) in [6.07, 6.45) is 5.69. The van der Waals surface area contributed by atoms with Gasteiger partial charge in [-0.15, -0.1) is 0 Å². The van der Waals surface area contributed by atoms with Gasteiger partial charge in [0.25, 0.3) is 0 Å². The third kappa shape index (κ3) is 3.18. The van der Waals surface area contributed by atoms with E-state index in [1.165, 1.54) is 24.9 Å². The second-order valence-corrected chi connectivity index (χ2v) is 7.41. The molecular formula is C20H27N3O2. The monoisotopic (exact) mass is 341 g/mol. The van der Waals surface area contributed by atoms with Crippen molar-refractivity contribution in [1.29, 1.82) is 0 Å². The highest BCUT2D eigenvalue weighted by Gasteiger charge is 2.43. The molecular weight excluding hydrogens is 314 g/mol. The molecule has 0 amide bonds. The van der Waals surface area contributed by atoms with Gasteiger partial charge in [0, 0.05) is 45.2 Å². The summed E-state index contributed by atoms with van der Waals surface area (Å²) in [6.45, 7) is 0.624. The lowest BCUT2D eigenvalue weighted by Crippen LogP contribution is -2.32. The Kier molecular flexibility index (Phi) is 4.29. The van der Waals surface area contributed by atoms with E-state index in [1.54, 1.807) is 0 Å². The molecule has 25 heavy (non-hydrogen) atoms. The van der Waals surface area contributed by atoms with Gasteiger partial charge in [-0.3, -0.25) is 4.68 Å². The van der Waals surface area contributed by atoms with Crippen molar-refractivity contribution in [2.24, 2.45) is 7.05 Å². The van der Waals surface area contributed by atoms with Crippen LogP contribution in [0.15, 0.2) is 30.3 Å². The fourth-order valence-electron chi connectivity index (χ4n) is 3.91. The Hall–Kier alpha value is -1.85.